The van der Waals surface area contributed by atoms with Gasteiger partial charge in [0.1, 0.15) is 10.8 Å². The highest BCUT2D eigenvalue weighted by Crippen LogP contribution is 2.42. The molecule has 0 aliphatic heterocycles. The normalized spacial score (nSPS) is 14.0. The Morgan fingerprint density at radius 3 is 2.85 bits per heavy atom. The van der Waals surface area contributed by atoms with E-state index in [0.717, 1.165) is 39.8 Å². The molecule has 1 fully saturated rings. The van der Waals surface area contributed by atoms with Crippen molar-refractivity contribution in [2.45, 2.75) is 25.2 Å². The molecule has 6 nitrogen and oxygen atoms in total. The van der Waals surface area contributed by atoms with E-state index in [1.54, 1.807) is 12.1 Å². The van der Waals surface area contributed by atoms with Gasteiger partial charge in [0.25, 0.3) is 0 Å². The molecule has 4 aromatic rings. The van der Waals surface area contributed by atoms with Gasteiger partial charge in [0.15, 0.2) is 4.96 Å². The van der Waals surface area contributed by atoms with E-state index in [2.05, 4.69) is 20.5 Å². The summed E-state index contributed by atoms with van der Waals surface area (Å²) in [6, 6.07) is 6.21. The lowest BCUT2D eigenvalue weighted by Gasteiger charge is -2.00. The molecule has 1 amide bonds. The van der Waals surface area contributed by atoms with Crippen LogP contribution in [0.2, 0.25) is 0 Å². The first-order valence-electron chi connectivity index (χ1n) is 8.50. The third-order valence-corrected chi connectivity index (χ3v) is 6.27. The summed E-state index contributed by atoms with van der Waals surface area (Å²) in [7, 11) is 0. The molecule has 1 aromatic carbocycles. The quantitative estimate of drug-likeness (QED) is 0.548. The number of rotatable bonds is 5. The van der Waals surface area contributed by atoms with Gasteiger partial charge in [0, 0.05) is 28.8 Å². The van der Waals surface area contributed by atoms with Gasteiger partial charge in [-0.15, -0.1) is 21.5 Å². The number of carbonyl (C=O) groups excluding carboxylic acids is 1. The minimum absolute atomic E-state index is 0.134. The van der Waals surface area contributed by atoms with Gasteiger partial charge < -0.3 is 5.32 Å². The number of nitrogens with one attached hydrogen (secondary N) is 1. The number of benzene rings is 1. The van der Waals surface area contributed by atoms with Crippen LogP contribution in [0.4, 0.5) is 9.52 Å². The number of hydrogen-bond acceptors (Lipinski definition) is 6. The van der Waals surface area contributed by atoms with Crippen molar-refractivity contribution >= 4 is 38.7 Å². The summed E-state index contributed by atoms with van der Waals surface area (Å²) in [5.41, 5.74) is 2.44. The van der Waals surface area contributed by atoms with E-state index in [0.29, 0.717) is 11.0 Å². The summed E-state index contributed by atoms with van der Waals surface area (Å²) in [5.74, 6) is 0.115. The van der Waals surface area contributed by atoms with E-state index in [4.69, 9.17) is 0 Å². The van der Waals surface area contributed by atoms with Crippen LogP contribution < -0.4 is 5.32 Å². The molecule has 1 aliphatic rings. The van der Waals surface area contributed by atoms with E-state index < -0.39 is 0 Å². The van der Waals surface area contributed by atoms with E-state index in [1.807, 2.05) is 16.0 Å². The Labute approximate surface area is 161 Å². The Kier molecular flexibility index (Phi) is 3.98. The second-order valence-electron chi connectivity index (χ2n) is 6.46. The van der Waals surface area contributed by atoms with E-state index in [-0.39, 0.29) is 18.1 Å². The van der Waals surface area contributed by atoms with Crippen LogP contribution in [0, 0.1) is 5.82 Å². The van der Waals surface area contributed by atoms with Crippen molar-refractivity contribution in [2.24, 2.45) is 0 Å². The van der Waals surface area contributed by atoms with E-state index >= 15 is 0 Å². The maximum atomic E-state index is 13.1. The minimum Gasteiger partial charge on any atom is -0.300 e. The lowest BCUT2D eigenvalue weighted by atomic mass is 10.2. The SMILES string of the molecule is O=C(Cc1csc2nc(-c3ccc(F)cc3)cn12)Nc1nnc(C2CC2)s1. The maximum absolute atomic E-state index is 13.1. The minimum atomic E-state index is -0.279. The van der Waals surface area contributed by atoms with Crippen molar-refractivity contribution in [3.8, 4) is 11.3 Å². The second kappa shape index (κ2) is 6.50. The maximum Gasteiger partial charge on any atom is 0.232 e. The Bertz CT molecular complexity index is 1130. The number of nitrogens with zero attached hydrogens (tertiary/aromatic N) is 4. The van der Waals surface area contributed by atoms with Crippen molar-refractivity contribution in [1.29, 1.82) is 0 Å². The van der Waals surface area contributed by atoms with Crippen molar-refractivity contribution in [3.63, 3.8) is 0 Å². The van der Waals surface area contributed by atoms with Crippen molar-refractivity contribution < 1.29 is 9.18 Å². The summed E-state index contributed by atoms with van der Waals surface area (Å²) in [6.45, 7) is 0. The van der Waals surface area contributed by atoms with Gasteiger partial charge in [-0.2, -0.15) is 0 Å². The van der Waals surface area contributed by atoms with Gasteiger partial charge in [0.2, 0.25) is 11.0 Å². The number of carbonyl (C=O) groups is 1. The molecule has 0 spiro atoms. The van der Waals surface area contributed by atoms with Crippen LogP contribution in [0.15, 0.2) is 35.8 Å². The lowest BCUT2D eigenvalue weighted by molar-refractivity contribution is -0.115. The molecule has 3 aromatic heterocycles. The third-order valence-electron chi connectivity index (χ3n) is 4.38. The van der Waals surface area contributed by atoms with Crippen molar-refractivity contribution in [3.05, 3.63) is 52.4 Å². The Balaban J connectivity index is 1.33. The molecule has 27 heavy (non-hydrogen) atoms. The average Bonchev–Trinajstić information content (AvgIpc) is 3.08. The zero-order valence-corrected chi connectivity index (χ0v) is 15.7. The van der Waals surface area contributed by atoms with Gasteiger partial charge in [0.05, 0.1) is 12.1 Å². The molecule has 3 heterocycles. The number of thiazole rings is 1. The van der Waals surface area contributed by atoms with Crippen LogP contribution in [0.5, 0.6) is 0 Å². The molecule has 0 unspecified atom stereocenters. The van der Waals surface area contributed by atoms with Crippen LogP contribution in [-0.4, -0.2) is 25.5 Å². The Morgan fingerprint density at radius 1 is 1.26 bits per heavy atom. The highest BCUT2D eigenvalue weighted by molar-refractivity contribution is 7.15. The van der Waals surface area contributed by atoms with Gasteiger partial charge in [-0.3, -0.25) is 9.20 Å². The van der Waals surface area contributed by atoms with Crippen molar-refractivity contribution in [1.82, 2.24) is 19.6 Å². The van der Waals surface area contributed by atoms with Gasteiger partial charge >= 0.3 is 0 Å². The fourth-order valence-electron chi connectivity index (χ4n) is 2.82. The zero-order chi connectivity index (χ0) is 18.4. The first kappa shape index (κ1) is 16.5. The number of imidazole rings is 1. The molecule has 1 aliphatic carbocycles. The first-order valence-corrected chi connectivity index (χ1v) is 10.2. The largest absolute Gasteiger partial charge is 0.300 e. The van der Waals surface area contributed by atoms with Gasteiger partial charge in [-0.1, -0.05) is 11.3 Å². The molecule has 0 saturated heterocycles. The number of fused-ring (bicyclic) bond motifs is 1. The highest BCUT2D eigenvalue weighted by atomic mass is 32.1. The average molecular weight is 399 g/mol. The van der Waals surface area contributed by atoms with Crippen molar-refractivity contribution in [2.75, 3.05) is 5.32 Å². The highest BCUT2D eigenvalue weighted by Gasteiger charge is 2.27. The summed E-state index contributed by atoms with van der Waals surface area (Å²) in [4.78, 5) is 17.7. The third kappa shape index (κ3) is 3.35. The van der Waals surface area contributed by atoms with Gasteiger partial charge in [-0.05, 0) is 37.1 Å². The van der Waals surface area contributed by atoms with E-state index in [1.165, 1.54) is 34.8 Å². The zero-order valence-electron chi connectivity index (χ0n) is 14.1. The molecular weight excluding hydrogens is 385 g/mol. The Hall–Kier alpha value is -2.65. The molecule has 9 heteroatoms. The topological polar surface area (TPSA) is 72.2 Å². The Morgan fingerprint density at radius 2 is 2.07 bits per heavy atom. The van der Waals surface area contributed by atoms with Crippen LogP contribution in [0.3, 0.4) is 0 Å². The van der Waals surface area contributed by atoms with E-state index in [9.17, 15) is 9.18 Å². The fraction of sp³-hybridized carbons (Fsp3) is 0.222. The number of aromatic nitrogens is 4. The molecule has 0 atom stereocenters. The number of halogens is 1. The summed E-state index contributed by atoms with van der Waals surface area (Å²) in [6.07, 6.45) is 4.41. The summed E-state index contributed by atoms with van der Waals surface area (Å²) >= 11 is 2.92. The molecule has 1 saturated carbocycles. The summed E-state index contributed by atoms with van der Waals surface area (Å²) < 4.78 is 15.0. The molecule has 1 N–H and O–H groups in total. The van der Waals surface area contributed by atoms with Crippen LogP contribution in [-0.2, 0) is 11.2 Å². The molecule has 5 rings (SSSR count). The first-order chi connectivity index (χ1) is 13.2. The number of anilines is 1. The van der Waals surface area contributed by atoms with Crippen LogP contribution >= 0.6 is 22.7 Å². The molecule has 136 valence electrons. The van der Waals surface area contributed by atoms with Gasteiger partial charge in [-0.25, -0.2) is 9.37 Å². The van der Waals surface area contributed by atoms with Crippen LogP contribution in [0.25, 0.3) is 16.2 Å². The lowest BCUT2D eigenvalue weighted by Crippen LogP contribution is -2.15. The predicted octanol–water partition coefficient (Wildman–Crippen LogP) is 4.11. The predicted molar refractivity (Wildman–Crippen MR) is 103 cm³/mol. The molecule has 0 radical (unpaired) electrons. The monoisotopic (exact) mass is 399 g/mol. The van der Waals surface area contributed by atoms with Crippen LogP contribution in [0.1, 0.15) is 29.5 Å². The smallest absolute Gasteiger partial charge is 0.232 e. The standard InChI is InChI=1S/C18H14FN5OS2/c19-12-5-3-10(4-6-12)14-8-24-13(9-26-18(24)20-14)7-15(25)21-17-23-22-16(27-17)11-1-2-11/h3-6,8-9,11H,1-2,7H2,(H,21,23,25). The molecule has 0 bridgehead atoms. The summed E-state index contributed by atoms with van der Waals surface area (Å²) in [5, 5.41) is 14.5. The number of hydrogen-bond donors (Lipinski definition) is 1. The number of amides is 1. The second-order valence-corrected chi connectivity index (χ2v) is 8.30. The fourth-order valence-corrected chi connectivity index (χ4v) is 4.63. The molecular formula is C18H14FN5OS2.